The standard InChI is InChI=1S/C21H31F3O2S/c1-14(2)27(25,26)13-18-7-5-17(6-8-18)9-10-19-11-12-20(21(22,23)24)16(4)15(19)3/h11-12,14,17-18H,5-10,13H2,1-4H3. The molecule has 2 nitrogen and oxygen atoms in total. The van der Waals surface area contributed by atoms with Crippen LogP contribution in [-0.4, -0.2) is 19.4 Å². The lowest BCUT2D eigenvalue weighted by Gasteiger charge is -2.29. The van der Waals surface area contributed by atoms with Gasteiger partial charge < -0.3 is 0 Å². The molecule has 0 saturated heterocycles. The third-order valence-electron chi connectivity index (χ3n) is 6.18. The van der Waals surface area contributed by atoms with Crippen LogP contribution in [0.25, 0.3) is 0 Å². The molecule has 0 aliphatic heterocycles. The van der Waals surface area contributed by atoms with Crippen LogP contribution >= 0.6 is 0 Å². The summed E-state index contributed by atoms with van der Waals surface area (Å²) in [6.45, 7) is 6.78. The Balaban J connectivity index is 1.90. The predicted octanol–water partition coefficient (Wildman–Crippen LogP) is 5.88. The van der Waals surface area contributed by atoms with Crippen LogP contribution in [0.1, 0.15) is 68.2 Å². The van der Waals surface area contributed by atoms with Crippen LogP contribution in [0.15, 0.2) is 12.1 Å². The van der Waals surface area contributed by atoms with E-state index >= 15 is 0 Å². The first-order valence-electron chi connectivity index (χ1n) is 9.79. The number of alkyl halides is 3. The average Bonchev–Trinajstić information content (AvgIpc) is 2.56. The molecule has 1 saturated carbocycles. The Morgan fingerprint density at radius 2 is 1.56 bits per heavy atom. The van der Waals surface area contributed by atoms with Crippen LogP contribution in [0.3, 0.4) is 0 Å². The van der Waals surface area contributed by atoms with Crippen molar-refractivity contribution in [2.45, 2.75) is 77.6 Å². The van der Waals surface area contributed by atoms with Gasteiger partial charge in [0.15, 0.2) is 9.84 Å². The minimum atomic E-state index is -4.30. The minimum Gasteiger partial charge on any atom is -0.229 e. The van der Waals surface area contributed by atoms with E-state index < -0.39 is 21.6 Å². The fourth-order valence-corrected chi connectivity index (χ4v) is 5.40. The van der Waals surface area contributed by atoms with Gasteiger partial charge in [0.2, 0.25) is 0 Å². The first-order valence-corrected chi connectivity index (χ1v) is 11.5. The van der Waals surface area contributed by atoms with Crippen LogP contribution in [0.4, 0.5) is 13.2 Å². The van der Waals surface area contributed by atoms with Crippen LogP contribution in [-0.2, 0) is 22.4 Å². The van der Waals surface area contributed by atoms with Gasteiger partial charge in [0.05, 0.1) is 16.6 Å². The summed E-state index contributed by atoms with van der Waals surface area (Å²) in [7, 11) is -2.99. The van der Waals surface area contributed by atoms with E-state index in [1.54, 1.807) is 33.8 Å². The van der Waals surface area contributed by atoms with Crippen molar-refractivity contribution in [1.82, 2.24) is 0 Å². The number of aryl methyl sites for hydroxylation is 1. The minimum absolute atomic E-state index is 0.253. The van der Waals surface area contributed by atoms with Crippen molar-refractivity contribution in [3.8, 4) is 0 Å². The highest BCUT2D eigenvalue weighted by Crippen LogP contribution is 2.36. The number of sulfone groups is 1. The largest absolute Gasteiger partial charge is 0.416 e. The third-order valence-corrected chi connectivity index (χ3v) is 8.55. The van der Waals surface area contributed by atoms with Gasteiger partial charge in [-0.3, -0.25) is 0 Å². The SMILES string of the molecule is Cc1c(CCC2CCC(CS(=O)(=O)C(C)C)CC2)ccc(C(F)(F)F)c1C. The van der Waals surface area contributed by atoms with Gasteiger partial charge in [0.1, 0.15) is 0 Å². The molecule has 2 rings (SSSR count). The Morgan fingerprint density at radius 3 is 2.07 bits per heavy atom. The van der Waals surface area contributed by atoms with Crippen LogP contribution in [0, 0.1) is 25.7 Å². The average molecular weight is 405 g/mol. The molecule has 1 aliphatic carbocycles. The van der Waals surface area contributed by atoms with Crippen molar-refractivity contribution >= 4 is 9.84 Å². The van der Waals surface area contributed by atoms with Gasteiger partial charge >= 0.3 is 6.18 Å². The smallest absolute Gasteiger partial charge is 0.229 e. The number of rotatable bonds is 6. The van der Waals surface area contributed by atoms with E-state index in [0.29, 0.717) is 11.5 Å². The fourth-order valence-electron chi connectivity index (χ4n) is 4.02. The van der Waals surface area contributed by atoms with E-state index in [4.69, 9.17) is 0 Å². The molecule has 0 bridgehead atoms. The summed E-state index contributed by atoms with van der Waals surface area (Å²) in [5.41, 5.74) is 1.50. The lowest BCUT2D eigenvalue weighted by atomic mass is 9.80. The summed E-state index contributed by atoms with van der Waals surface area (Å²) in [5.74, 6) is 1.07. The van der Waals surface area contributed by atoms with Crippen molar-refractivity contribution in [3.05, 3.63) is 34.4 Å². The second-order valence-electron chi connectivity index (χ2n) is 8.32. The van der Waals surface area contributed by atoms with Gasteiger partial charge in [-0.05, 0) is 88.0 Å². The molecule has 0 amide bonds. The molecule has 0 heterocycles. The van der Waals surface area contributed by atoms with E-state index in [9.17, 15) is 21.6 Å². The summed E-state index contributed by atoms with van der Waals surface area (Å²) in [6.07, 6.45) is 1.32. The Hall–Kier alpha value is -1.04. The van der Waals surface area contributed by atoms with E-state index in [-0.39, 0.29) is 16.9 Å². The molecule has 6 heteroatoms. The molecular formula is C21H31F3O2S. The zero-order valence-corrected chi connectivity index (χ0v) is 17.5. The van der Waals surface area contributed by atoms with E-state index in [1.807, 2.05) is 0 Å². The highest BCUT2D eigenvalue weighted by molar-refractivity contribution is 7.91. The maximum atomic E-state index is 13.0. The molecule has 0 N–H and O–H groups in total. The number of benzene rings is 1. The van der Waals surface area contributed by atoms with Crippen molar-refractivity contribution in [3.63, 3.8) is 0 Å². The monoisotopic (exact) mass is 404 g/mol. The summed E-state index contributed by atoms with van der Waals surface area (Å²) in [6, 6.07) is 2.82. The van der Waals surface area contributed by atoms with E-state index in [0.717, 1.165) is 49.7 Å². The van der Waals surface area contributed by atoms with Gasteiger partial charge in [-0.25, -0.2) is 8.42 Å². The summed E-state index contributed by atoms with van der Waals surface area (Å²) in [4.78, 5) is 0. The van der Waals surface area contributed by atoms with Gasteiger partial charge in [-0.1, -0.05) is 18.9 Å². The highest BCUT2D eigenvalue weighted by atomic mass is 32.2. The molecule has 27 heavy (non-hydrogen) atoms. The number of hydrogen-bond donors (Lipinski definition) is 0. The molecule has 0 aromatic heterocycles. The van der Waals surface area contributed by atoms with Gasteiger partial charge in [-0.15, -0.1) is 0 Å². The molecule has 1 aromatic carbocycles. The Bertz CT molecular complexity index is 743. The van der Waals surface area contributed by atoms with Crippen molar-refractivity contribution in [2.24, 2.45) is 11.8 Å². The molecule has 0 radical (unpaired) electrons. The molecule has 0 unspecified atom stereocenters. The molecule has 1 aliphatic rings. The second-order valence-corrected chi connectivity index (χ2v) is 10.9. The van der Waals surface area contributed by atoms with Crippen LogP contribution in [0.5, 0.6) is 0 Å². The lowest BCUT2D eigenvalue weighted by molar-refractivity contribution is -0.138. The quantitative estimate of drug-likeness (QED) is 0.593. The lowest BCUT2D eigenvalue weighted by Crippen LogP contribution is -2.26. The molecule has 0 atom stereocenters. The van der Waals surface area contributed by atoms with Crippen molar-refractivity contribution < 1.29 is 21.6 Å². The number of halogens is 3. The van der Waals surface area contributed by atoms with Crippen LogP contribution in [0.2, 0.25) is 0 Å². The fraction of sp³-hybridized carbons (Fsp3) is 0.714. The second kappa shape index (κ2) is 8.54. The van der Waals surface area contributed by atoms with Crippen molar-refractivity contribution in [2.75, 3.05) is 5.75 Å². The normalized spacial score (nSPS) is 21.6. The number of hydrogen-bond acceptors (Lipinski definition) is 2. The zero-order valence-electron chi connectivity index (χ0n) is 16.7. The summed E-state index contributed by atoms with van der Waals surface area (Å²) in [5, 5.41) is -0.318. The first kappa shape index (κ1) is 22.3. The van der Waals surface area contributed by atoms with Crippen molar-refractivity contribution in [1.29, 1.82) is 0 Å². The molecule has 0 spiro atoms. The van der Waals surface area contributed by atoms with Gasteiger partial charge in [0.25, 0.3) is 0 Å². The maximum Gasteiger partial charge on any atom is 0.416 e. The Kier molecular flexibility index (Phi) is 7.04. The molecular weight excluding hydrogens is 373 g/mol. The van der Waals surface area contributed by atoms with Gasteiger partial charge in [-0.2, -0.15) is 13.2 Å². The third kappa shape index (κ3) is 5.72. The first-order chi connectivity index (χ1) is 12.4. The highest BCUT2D eigenvalue weighted by Gasteiger charge is 2.33. The molecule has 1 aromatic rings. The van der Waals surface area contributed by atoms with E-state index in [2.05, 4.69) is 0 Å². The Labute approximate surface area is 161 Å². The summed E-state index contributed by atoms with van der Waals surface area (Å²) >= 11 is 0. The van der Waals surface area contributed by atoms with Gasteiger partial charge in [0, 0.05) is 0 Å². The predicted molar refractivity (Wildman–Crippen MR) is 104 cm³/mol. The summed E-state index contributed by atoms with van der Waals surface area (Å²) < 4.78 is 63.2. The molecule has 154 valence electrons. The van der Waals surface area contributed by atoms with E-state index in [1.165, 1.54) is 6.07 Å². The zero-order chi connectivity index (χ0) is 20.4. The topological polar surface area (TPSA) is 34.1 Å². The molecule has 1 fully saturated rings. The van der Waals surface area contributed by atoms with Crippen LogP contribution < -0.4 is 0 Å². The maximum absolute atomic E-state index is 13.0. The Morgan fingerprint density at radius 1 is 1.00 bits per heavy atom.